The first kappa shape index (κ1) is 18.8. The van der Waals surface area contributed by atoms with Crippen LogP contribution in [0.4, 0.5) is 20.7 Å². The molecule has 0 spiro atoms. The number of anilines is 2. The van der Waals surface area contributed by atoms with Gasteiger partial charge in [0.05, 0.1) is 17.1 Å². The number of aromatic nitrogens is 4. The lowest BCUT2D eigenvalue weighted by Crippen LogP contribution is -2.35. The third-order valence-electron chi connectivity index (χ3n) is 5.37. The van der Waals surface area contributed by atoms with E-state index in [1.165, 1.54) is 11.2 Å². The average molecular weight is 410 g/mol. The van der Waals surface area contributed by atoms with Gasteiger partial charge in [-0.1, -0.05) is 0 Å². The van der Waals surface area contributed by atoms with Crippen molar-refractivity contribution in [3.8, 4) is 11.3 Å². The molecule has 1 saturated carbocycles. The van der Waals surface area contributed by atoms with Crippen molar-refractivity contribution >= 4 is 28.6 Å². The average Bonchev–Trinajstić information content (AvgIpc) is 3.28. The Morgan fingerprint density at radius 3 is 2.73 bits per heavy atom. The highest BCUT2D eigenvalue weighted by Gasteiger charge is 2.34. The van der Waals surface area contributed by atoms with Gasteiger partial charge in [0.2, 0.25) is 0 Å². The lowest BCUT2D eigenvalue weighted by Gasteiger charge is -2.24. The lowest BCUT2D eigenvalue weighted by atomic mass is 10.0. The van der Waals surface area contributed by atoms with Gasteiger partial charge in [0, 0.05) is 17.7 Å². The SMILES string of the molecule is CC(C)(C)OC(=O)N1CCc2c1ccc(-c1nn(C3CC3)c3ncnc(N)c13)c2F. The van der Waals surface area contributed by atoms with E-state index in [4.69, 9.17) is 10.5 Å². The molecule has 1 aliphatic carbocycles. The molecule has 2 aromatic heterocycles. The summed E-state index contributed by atoms with van der Waals surface area (Å²) in [7, 11) is 0. The van der Waals surface area contributed by atoms with Crippen molar-refractivity contribution in [1.29, 1.82) is 0 Å². The van der Waals surface area contributed by atoms with Crippen LogP contribution in [-0.2, 0) is 11.2 Å². The van der Waals surface area contributed by atoms with E-state index in [0.717, 1.165) is 12.8 Å². The minimum atomic E-state index is -0.621. The smallest absolute Gasteiger partial charge is 0.414 e. The standard InChI is InChI=1S/C21H23FN6O2/c1-21(2,3)30-20(29)27-9-8-12-14(27)7-6-13(16(12)22)17-15-18(23)24-10-25-19(15)28(26-17)11-4-5-11/h6-7,10-11H,4-5,8-9H2,1-3H3,(H2,23,24,25). The zero-order valence-electron chi connectivity index (χ0n) is 17.1. The molecule has 3 aromatic rings. The Hall–Kier alpha value is -3.23. The van der Waals surface area contributed by atoms with Gasteiger partial charge in [-0.15, -0.1) is 0 Å². The molecule has 0 unspecified atom stereocenters. The Kier molecular flexibility index (Phi) is 4.00. The van der Waals surface area contributed by atoms with Crippen LogP contribution in [0.3, 0.4) is 0 Å². The third-order valence-corrected chi connectivity index (χ3v) is 5.37. The summed E-state index contributed by atoms with van der Waals surface area (Å²) in [6.07, 6.45) is 3.35. The zero-order chi connectivity index (χ0) is 21.2. The molecule has 9 heteroatoms. The Morgan fingerprint density at radius 2 is 2.03 bits per heavy atom. The molecular weight excluding hydrogens is 387 g/mol. The Morgan fingerprint density at radius 1 is 1.27 bits per heavy atom. The van der Waals surface area contributed by atoms with E-state index < -0.39 is 17.5 Å². The van der Waals surface area contributed by atoms with Crippen LogP contribution in [0.1, 0.15) is 45.2 Å². The summed E-state index contributed by atoms with van der Waals surface area (Å²) in [6, 6.07) is 3.64. The Labute approximate surface area is 172 Å². The van der Waals surface area contributed by atoms with Crippen LogP contribution in [0.2, 0.25) is 0 Å². The summed E-state index contributed by atoms with van der Waals surface area (Å²) in [5.74, 6) is -0.124. The molecule has 1 fully saturated rings. The fraction of sp³-hybridized carbons (Fsp3) is 0.429. The molecule has 1 aliphatic heterocycles. The maximum Gasteiger partial charge on any atom is 0.414 e. The zero-order valence-corrected chi connectivity index (χ0v) is 17.1. The predicted octanol–water partition coefficient (Wildman–Crippen LogP) is 3.85. The first-order valence-electron chi connectivity index (χ1n) is 10.1. The number of carbonyl (C=O) groups is 1. The van der Waals surface area contributed by atoms with E-state index in [1.807, 2.05) is 4.68 Å². The largest absolute Gasteiger partial charge is 0.443 e. The van der Waals surface area contributed by atoms with E-state index in [1.54, 1.807) is 32.9 Å². The fourth-order valence-corrected chi connectivity index (χ4v) is 3.89. The van der Waals surface area contributed by atoms with Gasteiger partial charge in [-0.25, -0.2) is 23.8 Å². The van der Waals surface area contributed by atoms with Crippen molar-refractivity contribution in [2.75, 3.05) is 17.2 Å². The number of halogens is 1. The normalized spacial score (nSPS) is 16.2. The van der Waals surface area contributed by atoms with E-state index >= 15 is 4.39 Å². The lowest BCUT2D eigenvalue weighted by molar-refractivity contribution is 0.0584. The summed E-state index contributed by atoms with van der Waals surface area (Å²) in [6.45, 7) is 5.78. The third kappa shape index (κ3) is 2.96. The molecule has 0 atom stereocenters. The molecule has 2 N–H and O–H groups in total. The number of hydrogen-bond donors (Lipinski definition) is 1. The minimum Gasteiger partial charge on any atom is -0.443 e. The molecule has 0 radical (unpaired) electrons. The number of fused-ring (bicyclic) bond motifs is 2. The van der Waals surface area contributed by atoms with Crippen LogP contribution in [0, 0.1) is 5.82 Å². The summed E-state index contributed by atoms with van der Waals surface area (Å²) >= 11 is 0. The second kappa shape index (κ2) is 6.38. The van der Waals surface area contributed by atoms with Gasteiger partial charge in [0.1, 0.15) is 29.3 Å². The number of benzene rings is 1. The van der Waals surface area contributed by atoms with Gasteiger partial charge in [0.15, 0.2) is 5.65 Å². The van der Waals surface area contributed by atoms with Crippen molar-refractivity contribution in [3.63, 3.8) is 0 Å². The Balaban J connectivity index is 1.60. The number of nitrogens with two attached hydrogens (primary N) is 1. The number of carbonyl (C=O) groups excluding carboxylic acids is 1. The maximum atomic E-state index is 15.6. The summed E-state index contributed by atoms with van der Waals surface area (Å²) in [4.78, 5) is 22.4. The summed E-state index contributed by atoms with van der Waals surface area (Å²) < 4.78 is 22.9. The van der Waals surface area contributed by atoms with Gasteiger partial charge in [0.25, 0.3) is 0 Å². The highest BCUT2D eigenvalue weighted by atomic mass is 19.1. The monoisotopic (exact) mass is 410 g/mol. The number of rotatable bonds is 2. The molecule has 0 saturated heterocycles. The van der Waals surface area contributed by atoms with Crippen molar-refractivity contribution in [2.45, 2.75) is 51.7 Å². The quantitative estimate of drug-likeness (QED) is 0.689. The number of nitrogens with zero attached hydrogens (tertiary/aromatic N) is 5. The molecule has 5 rings (SSSR count). The fourth-order valence-electron chi connectivity index (χ4n) is 3.89. The van der Waals surface area contributed by atoms with Crippen LogP contribution >= 0.6 is 0 Å². The number of amides is 1. The van der Waals surface area contributed by atoms with Crippen molar-refractivity contribution < 1.29 is 13.9 Å². The van der Waals surface area contributed by atoms with Crippen LogP contribution in [0.25, 0.3) is 22.3 Å². The van der Waals surface area contributed by atoms with E-state index in [0.29, 0.717) is 46.5 Å². The van der Waals surface area contributed by atoms with Gasteiger partial charge in [-0.2, -0.15) is 5.10 Å². The summed E-state index contributed by atoms with van der Waals surface area (Å²) in [5, 5.41) is 5.22. The number of hydrogen-bond acceptors (Lipinski definition) is 6. The molecule has 2 aliphatic rings. The second-order valence-electron chi connectivity index (χ2n) is 8.79. The van der Waals surface area contributed by atoms with Crippen LogP contribution < -0.4 is 10.6 Å². The first-order chi connectivity index (χ1) is 14.2. The molecular formula is C21H23FN6O2. The van der Waals surface area contributed by atoms with Crippen molar-refractivity contribution in [1.82, 2.24) is 19.7 Å². The van der Waals surface area contributed by atoms with Gasteiger partial charge >= 0.3 is 6.09 Å². The number of nitrogen functional groups attached to an aromatic ring is 1. The predicted molar refractivity (Wildman–Crippen MR) is 111 cm³/mol. The second-order valence-corrected chi connectivity index (χ2v) is 8.79. The van der Waals surface area contributed by atoms with Crippen LogP contribution in [-0.4, -0.2) is 38.0 Å². The summed E-state index contributed by atoms with van der Waals surface area (Å²) in [5.41, 5.74) is 7.89. The van der Waals surface area contributed by atoms with Crippen molar-refractivity contribution in [3.05, 3.63) is 29.8 Å². The van der Waals surface area contributed by atoms with Gasteiger partial charge < -0.3 is 10.5 Å². The molecule has 1 aromatic carbocycles. The molecule has 30 heavy (non-hydrogen) atoms. The first-order valence-corrected chi connectivity index (χ1v) is 10.1. The van der Waals surface area contributed by atoms with Gasteiger partial charge in [-0.3, -0.25) is 4.90 Å². The van der Waals surface area contributed by atoms with E-state index in [2.05, 4.69) is 15.1 Å². The van der Waals surface area contributed by atoms with E-state index in [9.17, 15) is 4.79 Å². The molecule has 8 nitrogen and oxygen atoms in total. The van der Waals surface area contributed by atoms with E-state index in [-0.39, 0.29) is 11.9 Å². The topological polar surface area (TPSA) is 99.2 Å². The van der Waals surface area contributed by atoms with Gasteiger partial charge in [-0.05, 0) is 52.2 Å². The van der Waals surface area contributed by atoms with Crippen molar-refractivity contribution in [2.24, 2.45) is 0 Å². The highest BCUT2D eigenvalue weighted by molar-refractivity contribution is 5.99. The van der Waals surface area contributed by atoms with Crippen LogP contribution in [0.15, 0.2) is 18.5 Å². The number of ether oxygens (including phenoxy) is 1. The van der Waals surface area contributed by atoms with Crippen LogP contribution in [0.5, 0.6) is 0 Å². The molecule has 1 amide bonds. The Bertz CT molecular complexity index is 1180. The maximum absolute atomic E-state index is 15.6. The molecule has 3 heterocycles. The highest BCUT2D eigenvalue weighted by Crippen LogP contribution is 2.42. The molecule has 156 valence electrons. The minimum absolute atomic E-state index is 0.260. The molecule has 0 bridgehead atoms.